The normalized spacial score (nSPS) is 18.4. The highest BCUT2D eigenvalue weighted by atomic mass is 32.1. The lowest BCUT2D eigenvalue weighted by Gasteiger charge is -2.41. The second kappa shape index (κ2) is 12.3. The van der Waals surface area contributed by atoms with Crippen molar-refractivity contribution < 1.29 is 24.5 Å². The van der Waals surface area contributed by atoms with E-state index in [-0.39, 0.29) is 6.10 Å². The number of aromatic nitrogens is 1. The lowest BCUT2D eigenvalue weighted by molar-refractivity contribution is -0.159. The van der Waals surface area contributed by atoms with Crippen molar-refractivity contribution in [2.45, 2.75) is 18.6 Å². The van der Waals surface area contributed by atoms with Gasteiger partial charge in [-0.05, 0) is 24.1 Å². The number of hydrogen-bond donors (Lipinski definition) is 2. The molecule has 2 heterocycles. The van der Waals surface area contributed by atoms with Crippen LogP contribution in [-0.4, -0.2) is 78.0 Å². The molecule has 3 aromatic rings. The highest BCUT2D eigenvalue weighted by molar-refractivity contribution is 7.22. The molecule has 0 unspecified atom stereocenters. The molecule has 0 bridgehead atoms. The fourth-order valence-corrected chi connectivity index (χ4v) is 4.85. The van der Waals surface area contributed by atoms with Crippen LogP contribution in [0.15, 0.2) is 60.7 Å². The van der Waals surface area contributed by atoms with Crippen LogP contribution in [0.5, 0.6) is 0 Å². The number of benzene rings is 2. The maximum Gasteiger partial charge on any atom is 0.414 e. The van der Waals surface area contributed by atoms with Crippen LogP contribution in [0.1, 0.15) is 12.0 Å². The zero-order valence-electron chi connectivity index (χ0n) is 19.2. The van der Waals surface area contributed by atoms with Gasteiger partial charge < -0.3 is 19.8 Å². The van der Waals surface area contributed by atoms with Crippen molar-refractivity contribution in [3.8, 4) is 0 Å². The van der Waals surface area contributed by atoms with Crippen molar-refractivity contribution in [1.82, 2.24) is 9.88 Å². The van der Waals surface area contributed by atoms with Crippen LogP contribution in [-0.2, 0) is 14.3 Å². The van der Waals surface area contributed by atoms with Gasteiger partial charge in [0.15, 0.2) is 5.13 Å². The van der Waals surface area contributed by atoms with E-state index in [2.05, 4.69) is 71.5 Å². The maximum atomic E-state index is 9.10. The minimum atomic E-state index is -1.82. The van der Waals surface area contributed by atoms with Crippen LogP contribution in [0.3, 0.4) is 0 Å². The number of fused-ring (bicyclic) bond motifs is 1. The van der Waals surface area contributed by atoms with Crippen molar-refractivity contribution >= 4 is 44.7 Å². The summed E-state index contributed by atoms with van der Waals surface area (Å²) in [5.41, 5.74) is 2.32. The van der Waals surface area contributed by atoms with E-state index in [0.29, 0.717) is 6.04 Å². The SMILES string of the molecule is CO[C@@H]1CN(CC=Cc2ccccc2)CC[C@@H]1N(C)c1nc2ccccc2s1.O=C(O)C(=O)O. The Morgan fingerprint density at radius 2 is 1.82 bits per heavy atom. The second-order valence-electron chi connectivity index (χ2n) is 7.89. The van der Waals surface area contributed by atoms with Gasteiger partial charge in [-0.25, -0.2) is 14.6 Å². The molecule has 1 aliphatic rings. The van der Waals surface area contributed by atoms with Crippen LogP contribution in [0.25, 0.3) is 16.3 Å². The molecule has 180 valence electrons. The predicted molar refractivity (Wildman–Crippen MR) is 134 cm³/mol. The number of likely N-dealkylation sites (tertiary alicyclic amines) is 1. The number of carboxylic acid groups (broad SMARTS) is 2. The third-order valence-electron chi connectivity index (χ3n) is 5.65. The van der Waals surface area contributed by atoms with Gasteiger partial charge in [0.1, 0.15) is 0 Å². The molecule has 0 amide bonds. The lowest BCUT2D eigenvalue weighted by atomic mass is 10.0. The van der Waals surface area contributed by atoms with E-state index in [1.54, 1.807) is 11.3 Å². The van der Waals surface area contributed by atoms with Crippen molar-refractivity contribution in [2.75, 3.05) is 38.7 Å². The Labute approximate surface area is 202 Å². The predicted octanol–water partition coefficient (Wildman–Crippen LogP) is 3.69. The Morgan fingerprint density at radius 1 is 1.15 bits per heavy atom. The van der Waals surface area contributed by atoms with Gasteiger partial charge in [-0.3, -0.25) is 4.90 Å². The number of piperidine rings is 1. The van der Waals surface area contributed by atoms with Crippen molar-refractivity contribution in [3.63, 3.8) is 0 Å². The van der Waals surface area contributed by atoms with Crippen LogP contribution in [0, 0.1) is 0 Å². The number of carboxylic acids is 2. The van der Waals surface area contributed by atoms with Crippen molar-refractivity contribution in [1.29, 1.82) is 0 Å². The van der Waals surface area contributed by atoms with Gasteiger partial charge in [0.05, 0.1) is 22.4 Å². The lowest BCUT2D eigenvalue weighted by Crippen LogP contribution is -2.54. The summed E-state index contributed by atoms with van der Waals surface area (Å²) in [6.45, 7) is 2.96. The van der Waals surface area contributed by atoms with Crippen LogP contribution in [0.2, 0.25) is 0 Å². The first kappa shape index (κ1) is 25.4. The number of carbonyl (C=O) groups is 2. The minimum absolute atomic E-state index is 0.177. The van der Waals surface area contributed by atoms with Crippen LogP contribution in [0.4, 0.5) is 5.13 Å². The molecule has 0 saturated carbocycles. The zero-order valence-corrected chi connectivity index (χ0v) is 20.0. The van der Waals surface area contributed by atoms with Gasteiger partial charge in [0, 0.05) is 33.8 Å². The summed E-state index contributed by atoms with van der Waals surface area (Å²) in [7, 11) is 3.98. The van der Waals surface area contributed by atoms with Gasteiger partial charge in [0.2, 0.25) is 0 Å². The number of para-hydroxylation sites is 1. The van der Waals surface area contributed by atoms with E-state index < -0.39 is 11.9 Å². The number of nitrogens with zero attached hydrogens (tertiary/aromatic N) is 3. The Balaban J connectivity index is 0.000000481. The summed E-state index contributed by atoms with van der Waals surface area (Å²) >= 11 is 1.76. The van der Waals surface area contributed by atoms with E-state index in [0.717, 1.165) is 36.7 Å². The Kier molecular flexibility index (Phi) is 9.15. The Morgan fingerprint density at radius 3 is 2.47 bits per heavy atom. The van der Waals surface area contributed by atoms with E-state index >= 15 is 0 Å². The number of hydrogen-bond acceptors (Lipinski definition) is 7. The molecule has 8 nitrogen and oxygen atoms in total. The quantitative estimate of drug-likeness (QED) is 0.512. The fraction of sp³-hybridized carbons (Fsp3) is 0.320. The highest BCUT2D eigenvalue weighted by Crippen LogP contribution is 2.31. The highest BCUT2D eigenvalue weighted by Gasteiger charge is 2.32. The van der Waals surface area contributed by atoms with Gasteiger partial charge in [0.25, 0.3) is 0 Å². The monoisotopic (exact) mass is 483 g/mol. The van der Waals surface area contributed by atoms with Crippen LogP contribution < -0.4 is 4.90 Å². The van der Waals surface area contributed by atoms with E-state index in [1.165, 1.54) is 10.3 Å². The molecule has 2 atom stereocenters. The number of methoxy groups -OCH3 is 1. The average molecular weight is 484 g/mol. The molecule has 1 saturated heterocycles. The number of aliphatic carboxylic acids is 2. The average Bonchev–Trinajstić information content (AvgIpc) is 3.29. The molecule has 4 rings (SSSR count). The first-order chi connectivity index (χ1) is 16.4. The Bertz CT molecular complexity index is 1070. The van der Waals surface area contributed by atoms with E-state index in [1.807, 2.05) is 19.2 Å². The second-order valence-corrected chi connectivity index (χ2v) is 8.90. The topological polar surface area (TPSA) is 103 Å². The summed E-state index contributed by atoms with van der Waals surface area (Å²) in [4.78, 5) is 27.8. The molecule has 2 N–H and O–H groups in total. The third-order valence-corrected chi connectivity index (χ3v) is 6.78. The molecule has 0 aliphatic carbocycles. The zero-order chi connectivity index (χ0) is 24.5. The first-order valence-electron chi connectivity index (χ1n) is 10.9. The molecule has 1 aromatic heterocycles. The summed E-state index contributed by atoms with van der Waals surface area (Å²) in [6.07, 6.45) is 5.70. The maximum absolute atomic E-state index is 9.10. The van der Waals surface area contributed by atoms with Gasteiger partial charge in [-0.2, -0.15) is 0 Å². The number of anilines is 1. The van der Waals surface area contributed by atoms with Gasteiger partial charge >= 0.3 is 11.9 Å². The van der Waals surface area contributed by atoms with E-state index in [4.69, 9.17) is 29.5 Å². The number of likely N-dealkylation sites (N-methyl/N-ethyl adjacent to an activating group) is 1. The molecule has 2 aromatic carbocycles. The molecular weight excluding hydrogens is 454 g/mol. The molecule has 0 radical (unpaired) electrons. The smallest absolute Gasteiger partial charge is 0.414 e. The molecular formula is C25H29N3O5S. The van der Waals surface area contributed by atoms with Crippen molar-refractivity contribution in [3.05, 3.63) is 66.2 Å². The number of thiazole rings is 1. The molecule has 9 heteroatoms. The summed E-state index contributed by atoms with van der Waals surface area (Å²) < 4.78 is 7.12. The van der Waals surface area contributed by atoms with Gasteiger partial charge in [-0.15, -0.1) is 0 Å². The molecule has 34 heavy (non-hydrogen) atoms. The fourth-order valence-electron chi connectivity index (χ4n) is 3.86. The largest absolute Gasteiger partial charge is 0.473 e. The first-order valence-corrected chi connectivity index (χ1v) is 11.7. The van der Waals surface area contributed by atoms with Crippen LogP contribution >= 0.6 is 11.3 Å². The summed E-state index contributed by atoms with van der Waals surface area (Å²) in [5.74, 6) is -3.65. The Hall–Kier alpha value is -3.27. The molecule has 0 spiro atoms. The standard InChI is InChI=1S/C23H27N3OS.C2H2O4/c1-25(23-24-19-12-6-7-13-22(19)28-23)20-14-16-26(17-21(20)27-2)15-8-11-18-9-4-3-5-10-18;3-1(4)2(5)6/h3-13,20-21H,14-17H2,1-2H3;(H,3,4)(H,5,6)/t20-,21+;/m0./s1. The van der Waals surface area contributed by atoms with Gasteiger partial charge in [-0.1, -0.05) is 66.0 Å². The molecule has 1 aliphatic heterocycles. The molecule has 1 fully saturated rings. The van der Waals surface area contributed by atoms with E-state index in [9.17, 15) is 0 Å². The third kappa shape index (κ3) is 6.86. The minimum Gasteiger partial charge on any atom is -0.473 e. The summed E-state index contributed by atoms with van der Waals surface area (Å²) in [6, 6.07) is 19.1. The number of ether oxygens (including phenoxy) is 1. The summed E-state index contributed by atoms with van der Waals surface area (Å²) in [5, 5.41) is 15.9. The number of rotatable bonds is 6. The van der Waals surface area contributed by atoms with Crippen molar-refractivity contribution in [2.24, 2.45) is 0 Å².